The van der Waals surface area contributed by atoms with Gasteiger partial charge in [-0.05, 0) is 37.7 Å². The predicted molar refractivity (Wildman–Crippen MR) is 99.9 cm³/mol. The highest BCUT2D eigenvalue weighted by atomic mass is 16.7. The number of carbonyl (C=O) groups is 1. The van der Waals surface area contributed by atoms with Crippen molar-refractivity contribution in [2.75, 3.05) is 6.54 Å². The van der Waals surface area contributed by atoms with Gasteiger partial charge in [0.05, 0.1) is 18.2 Å². The van der Waals surface area contributed by atoms with Gasteiger partial charge in [0, 0.05) is 12.6 Å². The number of hydrogen-bond donors (Lipinski definition) is 0. The molecule has 148 valence electrons. The largest absolute Gasteiger partial charge is 0.370 e. The molecular weight excluding hydrogens is 358 g/mol. The van der Waals surface area contributed by atoms with Crippen LogP contribution in [0.5, 0.6) is 0 Å². The summed E-state index contributed by atoms with van der Waals surface area (Å²) in [7, 11) is 0. The first-order chi connectivity index (χ1) is 13.8. The van der Waals surface area contributed by atoms with Crippen LogP contribution in [0.4, 0.5) is 4.79 Å². The molecule has 7 heteroatoms. The van der Waals surface area contributed by atoms with E-state index >= 15 is 0 Å². The highest BCUT2D eigenvalue weighted by Crippen LogP contribution is 2.38. The van der Waals surface area contributed by atoms with Gasteiger partial charge in [-0.15, -0.1) is 0 Å². The quantitative estimate of drug-likeness (QED) is 0.727. The van der Waals surface area contributed by atoms with Crippen molar-refractivity contribution < 1.29 is 18.9 Å². The van der Waals surface area contributed by atoms with Crippen LogP contribution < -0.4 is 0 Å². The number of hydroxylamine groups is 2. The Labute approximate surface area is 164 Å². The predicted octanol–water partition coefficient (Wildman–Crippen LogP) is 3.82. The van der Waals surface area contributed by atoms with Gasteiger partial charge < -0.3 is 14.2 Å². The SMILES string of the molecule is O=C1N2C[C@@H](CC[C@H]2c2cc(COC3CCC3)on2)N1OCc1ccccc1. The molecule has 2 aliphatic heterocycles. The smallest absolute Gasteiger partial charge is 0.344 e. The number of benzene rings is 1. The minimum Gasteiger partial charge on any atom is -0.370 e. The summed E-state index contributed by atoms with van der Waals surface area (Å²) in [4.78, 5) is 20.6. The number of urea groups is 1. The van der Waals surface area contributed by atoms with Gasteiger partial charge in [0.2, 0.25) is 0 Å². The van der Waals surface area contributed by atoms with Crippen molar-refractivity contribution in [2.45, 2.75) is 63.5 Å². The van der Waals surface area contributed by atoms with Gasteiger partial charge in [-0.25, -0.2) is 4.79 Å². The Morgan fingerprint density at radius 2 is 1.96 bits per heavy atom. The van der Waals surface area contributed by atoms with E-state index in [2.05, 4.69) is 5.16 Å². The lowest BCUT2D eigenvalue weighted by Gasteiger charge is -2.28. The standard InChI is InChI=1S/C21H25N3O4/c25-21-23-12-16(24(21)27-13-15-5-2-1-3-6-15)9-10-20(23)19-11-18(28-22-19)14-26-17-7-4-8-17/h1-3,5-6,11,16-17,20H,4,7-10,12-14H2/t16-,20+/m1/s1. The van der Waals surface area contributed by atoms with Crippen molar-refractivity contribution in [1.82, 2.24) is 15.1 Å². The molecule has 1 saturated carbocycles. The second-order valence-electron chi connectivity index (χ2n) is 7.85. The Morgan fingerprint density at radius 3 is 2.75 bits per heavy atom. The van der Waals surface area contributed by atoms with Gasteiger partial charge >= 0.3 is 6.03 Å². The summed E-state index contributed by atoms with van der Waals surface area (Å²) in [6.45, 7) is 1.51. The molecule has 0 N–H and O–H groups in total. The minimum absolute atomic E-state index is 0.0599. The minimum atomic E-state index is -0.0845. The van der Waals surface area contributed by atoms with Crippen LogP contribution in [-0.4, -0.2) is 39.8 Å². The average molecular weight is 383 g/mol. The maximum Gasteiger partial charge on any atom is 0.344 e. The lowest BCUT2D eigenvalue weighted by molar-refractivity contribution is -0.140. The Balaban J connectivity index is 1.21. The topological polar surface area (TPSA) is 68.0 Å². The molecule has 5 rings (SSSR count). The van der Waals surface area contributed by atoms with Crippen LogP contribution in [0.15, 0.2) is 40.9 Å². The molecule has 1 aromatic heterocycles. The van der Waals surface area contributed by atoms with E-state index in [1.165, 1.54) is 6.42 Å². The summed E-state index contributed by atoms with van der Waals surface area (Å²) >= 11 is 0. The highest BCUT2D eigenvalue weighted by Gasteiger charge is 2.46. The summed E-state index contributed by atoms with van der Waals surface area (Å²) in [5.74, 6) is 0.729. The molecule has 0 unspecified atom stereocenters. The number of aromatic nitrogens is 1. The van der Waals surface area contributed by atoms with E-state index in [9.17, 15) is 4.79 Å². The molecule has 1 aliphatic carbocycles. The number of rotatable bonds is 7. The van der Waals surface area contributed by atoms with E-state index in [0.29, 0.717) is 25.9 Å². The summed E-state index contributed by atoms with van der Waals surface area (Å²) in [6, 6.07) is 11.8. The fraction of sp³-hybridized carbons (Fsp3) is 0.524. The fourth-order valence-corrected chi connectivity index (χ4v) is 4.12. The van der Waals surface area contributed by atoms with Crippen molar-refractivity contribution in [3.05, 3.63) is 53.4 Å². The second kappa shape index (κ2) is 7.56. The molecule has 1 aromatic carbocycles. The van der Waals surface area contributed by atoms with E-state index in [1.807, 2.05) is 41.3 Å². The van der Waals surface area contributed by atoms with E-state index in [0.717, 1.165) is 42.7 Å². The van der Waals surface area contributed by atoms with E-state index < -0.39 is 0 Å². The fourth-order valence-electron chi connectivity index (χ4n) is 4.12. The van der Waals surface area contributed by atoms with Gasteiger partial charge in [-0.2, -0.15) is 5.06 Å². The summed E-state index contributed by atoms with van der Waals surface area (Å²) < 4.78 is 11.2. The Bertz CT molecular complexity index is 820. The molecule has 2 saturated heterocycles. The molecule has 0 spiro atoms. The van der Waals surface area contributed by atoms with Crippen LogP contribution in [-0.2, 0) is 22.8 Å². The zero-order valence-electron chi connectivity index (χ0n) is 15.8. The monoisotopic (exact) mass is 383 g/mol. The van der Waals surface area contributed by atoms with Crippen LogP contribution in [0.2, 0.25) is 0 Å². The van der Waals surface area contributed by atoms with Crippen LogP contribution in [0.25, 0.3) is 0 Å². The molecule has 2 amide bonds. The van der Waals surface area contributed by atoms with Crippen LogP contribution in [0.3, 0.4) is 0 Å². The lowest BCUT2D eigenvalue weighted by Crippen LogP contribution is -2.34. The van der Waals surface area contributed by atoms with E-state index in [4.69, 9.17) is 14.1 Å². The van der Waals surface area contributed by atoms with Crippen molar-refractivity contribution in [2.24, 2.45) is 0 Å². The first kappa shape index (κ1) is 17.7. The van der Waals surface area contributed by atoms with Crippen molar-refractivity contribution >= 4 is 6.03 Å². The molecule has 28 heavy (non-hydrogen) atoms. The molecule has 3 fully saturated rings. The van der Waals surface area contributed by atoms with Gasteiger partial charge in [0.25, 0.3) is 0 Å². The van der Waals surface area contributed by atoms with Gasteiger partial charge in [-0.1, -0.05) is 35.5 Å². The first-order valence-corrected chi connectivity index (χ1v) is 10.1. The van der Waals surface area contributed by atoms with Gasteiger partial charge in [0.1, 0.15) is 18.9 Å². The third-order valence-corrected chi connectivity index (χ3v) is 5.97. The summed E-state index contributed by atoms with van der Waals surface area (Å²) in [5, 5.41) is 5.77. The first-order valence-electron chi connectivity index (χ1n) is 10.1. The Morgan fingerprint density at radius 1 is 1.11 bits per heavy atom. The van der Waals surface area contributed by atoms with Crippen LogP contribution in [0, 0.1) is 0 Å². The van der Waals surface area contributed by atoms with Crippen molar-refractivity contribution in [3.63, 3.8) is 0 Å². The maximum atomic E-state index is 12.9. The number of carbonyl (C=O) groups excluding carboxylic acids is 1. The average Bonchev–Trinajstić information content (AvgIpc) is 3.24. The Kier molecular flexibility index (Phi) is 4.78. The molecule has 3 aliphatic rings. The maximum absolute atomic E-state index is 12.9. The third kappa shape index (κ3) is 3.40. The van der Waals surface area contributed by atoms with Crippen molar-refractivity contribution in [3.8, 4) is 0 Å². The summed E-state index contributed by atoms with van der Waals surface area (Å²) in [6.07, 6.45) is 5.62. The van der Waals surface area contributed by atoms with Crippen LogP contribution >= 0.6 is 0 Å². The number of hydrogen-bond acceptors (Lipinski definition) is 5. The molecule has 2 bridgehead atoms. The van der Waals surface area contributed by atoms with Crippen LogP contribution in [0.1, 0.15) is 55.2 Å². The molecule has 0 radical (unpaired) electrons. The number of nitrogens with zero attached hydrogens (tertiary/aromatic N) is 3. The number of piperidine rings is 1. The normalized spacial score (nSPS) is 24.6. The molecular formula is C21H25N3O4. The zero-order valence-corrected chi connectivity index (χ0v) is 15.8. The lowest BCUT2D eigenvalue weighted by atomic mass is 9.96. The van der Waals surface area contributed by atoms with Crippen molar-refractivity contribution in [1.29, 1.82) is 0 Å². The number of fused-ring (bicyclic) bond motifs is 2. The van der Waals surface area contributed by atoms with Gasteiger partial charge in [0.15, 0.2) is 5.76 Å². The van der Waals surface area contributed by atoms with Gasteiger partial charge in [-0.3, -0.25) is 4.84 Å². The molecule has 2 aromatic rings. The third-order valence-electron chi connectivity index (χ3n) is 5.97. The van der Waals surface area contributed by atoms with E-state index in [1.54, 1.807) is 5.06 Å². The number of ether oxygens (including phenoxy) is 1. The second-order valence-corrected chi connectivity index (χ2v) is 7.85. The van der Waals surface area contributed by atoms with E-state index in [-0.39, 0.29) is 18.1 Å². The summed E-state index contributed by atoms with van der Waals surface area (Å²) in [5.41, 5.74) is 1.86. The molecule has 3 heterocycles. The Hall–Kier alpha value is -2.38. The number of amides is 2. The molecule has 2 atom stereocenters. The molecule has 7 nitrogen and oxygen atoms in total. The zero-order chi connectivity index (χ0) is 18.9. The highest BCUT2D eigenvalue weighted by molar-refractivity contribution is 5.77.